The van der Waals surface area contributed by atoms with E-state index in [2.05, 4.69) is 31.2 Å². The Labute approximate surface area is 131 Å². The molecule has 0 aliphatic carbocycles. The highest BCUT2D eigenvalue weighted by Gasteiger charge is 2.07. The summed E-state index contributed by atoms with van der Waals surface area (Å²) >= 11 is 6.28. The number of nitrogens with zero attached hydrogens (tertiary/aromatic N) is 2. The summed E-state index contributed by atoms with van der Waals surface area (Å²) in [5.41, 5.74) is 1.15. The average molecular weight is 308 g/mol. The van der Waals surface area contributed by atoms with E-state index in [9.17, 15) is 0 Å². The van der Waals surface area contributed by atoms with Gasteiger partial charge in [-0.15, -0.1) is 0 Å². The summed E-state index contributed by atoms with van der Waals surface area (Å²) in [6, 6.07) is 6.17. The van der Waals surface area contributed by atoms with Crippen LogP contribution in [0.2, 0.25) is 5.02 Å². The standard InChI is InChI=1S/C16H22ClN3O/c1-4-7-18-9-13-5-6-16(15(17)8-13)21-14-10-19-20(11-14)12(2)3/h5-6,8,10-12,18H,4,7,9H2,1-3H3. The van der Waals surface area contributed by atoms with Crippen LogP contribution in [0.25, 0.3) is 0 Å². The van der Waals surface area contributed by atoms with Crippen LogP contribution in [0.4, 0.5) is 0 Å². The second-order valence-corrected chi connectivity index (χ2v) is 5.70. The van der Waals surface area contributed by atoms with Gasteiger partial charge in [-0.05, 0) is 44.5 Å². The molecule has 1 aromatic carbocycles. The Morgan fingerprint density at radius 3 is 2.81 bits per heavy atom. The lowest BCUT2D eigenvalue weighted by Gasteiger charge is -2.08. The highest BCUT2D eigenvalue weighted by molar-refractivity contribution is 6.32. The molecule has 114 valence electrons. The van der Waals surface area contributed by atoms with Gasteiger partial charge in [-0.2, -0.15) is 5.10 Å². The molecule has 1 aromatic heterocycles. The molecule has 0 saturated carbocycles. The van der Waals surface area contributed by atoms with Gasteiger partial charge in [-0.1, -0.05) is 24.6 Å². The number of hydrogen-bond acceptors (Lipinski definition) is 3. The molecule has 0 amide bonds. The van der Waals surface area contributed by atoms with Crippen molar-refractivity contribution in [3.05, 3.63) is 41.2 Å². The van der Waals surface area contributed by atoms with Gasteiger partial charge in [-0.25, -0.2) is 0 Å². The molecule has 0 spiro atoms. The van der Waals surface area contributed by atoms with Crippen LogP contribution < -0.4 is 10.1 Å². The Hall–Kier alpha value is -1.52. The molecule has 0 saturated heterocycles. The van der Waals surface area contributed by atoms with Crippen molar-refractivity contribution in [2.45, 2.75) is 39.8 Å². The molecule has 0 bridgehead atoms. The molecule has 0 atom stereocenters. The second-order valence-electron chi connectivity index (χ2n) is 5.29. The minimum atomic E-state index is 0.310. The number of aromatic nitrogens is 2. The molecule has 21 heavy (non-hydrogen) atoms. The van der Waals surface area contributed by atoms with E-state index in [0.29, 0.717) is 22.6 Å². The fourth-order valence-electron chi connectivity index (χ4n) is 1.93. The summed E-state index contributed by atoms with van der Waals surface area (Å²) in [4.78, 5) is 0. The third-order valence-electron chi connectivity index (χ3n) is 3.09. The summed E-state index contributed by atoms with van der Waals surface area (Å²) in [6.07, 6.45) is 4.69. The average Bonchev–Trinajstić information content (AvgIpc) is 2.91. The molecular formula is C16H22ClN3O. The fraction of sp³-hybridized carbons (Fsp3) is 0.438. The smallest absolute Gasteiger partial charge is 0.165 e. The maximum Gasteiger partial charge on any atom is 0.165 e. The number of rotatable bonds is 7. The lowest BCUT2D eigenvalue weighted by molar-refractivity contribution is 0.477. The van der Waals surface area contributed by atoms with E-state index >= 15 is 0 Å². The predicted octanol–water partition coefficient (Wildman–Crippen LogP) is 4.41. The minimum absolute atomic E-state index is 0.310. The van der Waals surface area contributed by atoms with Crippen molar-refractivity contribution < 1.29 is 4.74 Å². The summed E-state index contributed by atoms with van der Waals surface area (Å²) in [6.45, 7) is 8.11. The van der Waals surface area contributed by atoms with Crippen LogP contribution in [-0.4, -0.2) is 16.3 Å². The predicted molar refractivity (Wildman–Crippen MR) is 86.1 cm³/mol. The van der Waals surface area contributed by atoms with Crippen LogP contribution in [0.5, 0.6) is 11.5 Å². The van der Waals surface area contributed by atoms with Gasteiger partial charge in [-0.3, -0.25) is 4.68 Å². The van der Waals surface area contributed by atoms with Crippen LogP contribution in [0.3, 0.4) is 0 Å². The molecule has 5 heteroatoms. The summed E-state index contributed by atoms with van der Waals surface area (Å²) in [7, 11) is 0. The Morgan fingerprint density at radius 1 is 1.38 bits per heavy atom. The van der Waals surface area contributed by atoms with Crippen LogP contribution >= 0.6 is 11.6 Å². The SMILES string of the molecule is CCCNCc1ccc(Oc2cnn(C(C)C)c2)c(Cl)c1. The van der Waals surface area contributed by atoms with Crippen LogP contribution in [0.15, 0.2) is 30.6 Å². The fourth-order valence-corrected chi connectivity index (χ4v) is 2.17. The molecule has 0 radical (unpaired) electrons. The van der Waals surface area contributed by atoms with E-state index in [-0.39, 0.29) is 0 Å². The van der Waals surface area contributed by atoms with E-state index in [4.69, 9.17) is 16.3 Å². The van der Waals surface area contributed by atoms with E-state index < -0.39 is 0 Å². The number of benzene rings is 1. The Balaban J connectivity index is 2.02. The van der Waals surface area contributed by atoms with E-state index in [1.54, 1.807) is 6.20 Å². The third-order valence-corrected chi connectivity index (χ3v) is 3.38. The zero-order valence-corrected chi connectivity index (χ0v) is 13.5. The second kappa shape index (κ2) is 7.48. The zero-order valence-electron chi connectivity index (χ0n) is 12.8. The van der Waals surface area contributed by atoms with Crippen molar-refractivity contribution in [1.29, 1.82) is 0 Å². The van der Waals surface area contributed by atoms with Gasteiger partial charge < -0.3 is 10.1 Å². The first-order valence-electron chi connectivity index (χ1n) is 7.31. The van der Waals surface area contributed by atoms with Gasteiger partial charge in [0, 0.05) is 12.6 Å². The van der Waals surface area contributed by atoms with Gasteiger partial charge in [0.15, 0.2) is 5.75 Å². The molecule has 0 aliphatic rings. The molecule has 0 fully saturated rings. The van der Waals surface area contributed by atoms with Gasteiger partial charge in [0.05, 0.1) is 17.4 Å². The highest BCUT2D eigenvalue weighted by atomic mass is 35.5. The molecule has 1 N–H and O–H groups in total. The van der Waals surface area contributed by atoms with Crippen molar-refractivity contribution in [3.8, 4) is 11.5 Å². The monoisotopic (exact) mass is 307 g/mol. The van der Waals surface area contributed by atoms with Crippen molar-refractivity contribution >= 4 is 11.6 Å². The molecule has 2 rings (SSSR count). The van der Waals surface area contributed by atoms with E-state index in [0.717, 1.165) is 25.1 Å². The first kappa shape index (κ1) is 15.9. The largest absolute Gasteiger partial charge is 0.452 e. The number of ether oxygens (including phenoxy) is 1. The molecule has 2 aromatic rings. The Morgan fingerprint density at radius 2 is 2.19 bits per heavy atom. The van der Waals surface area contributed by atoms with Gasteiger partial charge >= 0.3 is 0 Å². The maximum absolute atomic E-state index is 6.28. The number of hydrogen-bond donors (Lipinski definition) is 1. The van der Waals surface area contributed by atoms with E-state index in [1.807, 2.05) is 29.1 Å². The first-order valence-corrected chi connectivity index (χ1v) is 7.69. The first-order chi connectivity index (χ1) is 10.1. The van der Waals surface area contributed by atoms with Crippen LogP contribution in [0, 0.1) is 0 Å². The van der Waals surface area contributed by atoms with Gasteiger partial charge in [0.1, 0.15) is 5.75 Å². The Kier molecular flexibility index (Phi) is 5.65. The van der Waals surface area contributed by atoms with Crippen molar-refractivity contribution in [2.24, 2.45) is 0 Å². The van der Waals surface area contributed by atoms with Crippen molar-refractivity contribution in [3.63, 3.8) is 0 Å². The van der Waals surface area contributed by atoms with Crippen molar-refractivity contribution in [1.82, 2.24) is 15.1 Å². The van der Waals surface area contributed by atoms with Crippen LogP contribution in [-0.2, 0) is 6.54 Å². The van der Waals surface area contributed by atoms with Gasteiger partial charge in [0.2, 0.25) is 0 Å². The summed E-state index contributed by atoms with van der Waals surface area (Å²) in [5.74, 6) is 1.35. The third kappa shape index (κ3) is 4.48. The van der Waals surface area contributed by atoms with Crippen molar-refractivity contribution in [2.75, 3.05) is 6.54 Å². The van der Waals surface area contributed by atoms with E-state index in [1.165, 1.54) is 0 Å². The zero-order chi connectivity index (χ0) is 15.2. The summed E-state index contributed by atoms with van der Waals surface area (Å²) in [5, 5.41) is 8.21. The van der Waals surface area contributed by atoms with Gasteiger partial charge in [0.25, 0.3) is 0 Å². The molecular weight excluding hydrogens is 286 g/mol. The normalized spacial score (nSPS) is 11.1. The molecule has 0 unspecified atom stereocenters. The maximum atomic E-state index is 6.28. The van der Waals surface area contributed by atoms with Crippen LogP contribution in [0.1, 0.15) is 38.8 Å². The lowest BCUT2D eigenvalue weighted by Crippen LogP contribution is -2.13. The number of nitrogens with one attached hydrogen (secondary N) is 1. The molecule has 0 aliphatic heterocycles. The quantitative estimate of drug-likeness (QED) is 0.770. The highest BCUT2D eigenvalue weighted by Crippen LogP contribution is 2.30. The molecule has 1 heterocycles. The lowest BCUT2D eigenvalue weighted by atomic mass is 10.2. The summed E-state index contributed by atoms with van der Waals surface area (Å²) < 4.78 is 7.64. The topological polar surface area (TPSA) is 39.1 Å². The Bertz CT molecular complexity index is 581. The number of halogens is 1. The molecule has 4 nitrogen and oxygen atoms in total. The minimum Gasteiger partial charge on any atom is -0.452 e.